The summed E-state index contributed by atoms with van der Waals surface area (Å²) in [5, 5.41) is 29.2. The van der Waals surface area contributed by atoms with Gasteiger partial charge in [-0.1, -0.05) is 36.4 Å². The zero-order valence-electron chi connectivity index (χ0n) is 32.9. The first-order chi connectivity index (χ1) is 27.8. The van der Waals surface area contributed by atoms with Crippen LogP contribution in [0, 0.1) is 13.8 Å². The Labute approximate surface area is 339 Å². The van der Waals surface area contributed by atoms with E-state index in [1.165, 1.54) is 38.8 Å². The predicted molar refractivity (Wildman–Crippen MR) is 212 cm³/mol. The molecule has 2 saturated heterocycles. The first-order valence-corrected chi connectivity index (χ1v) is 20.2. The van der Waals surface area contributed by atoms with Crippen molar-refractivity contribution in [1.29, 1.82) is 0 Å². The van der Waals surface area contributed by atoms with Crippen molar-refractivity contribution in [1.82, 2.24) is 20.4 Å². The zero-order valence-corrected chi connectivity index (χ0v) is 33.8. The molecule has 6 aliphatic heterocycles. The monoisotopic (exact) mass is 814 g/mol. The number of benzene rings is 3. The van der Waals surface area contributed by atoms with Gasteiger partial charge in [-0.2, -0.15) is 0 Å². The van der Waals surface area contributed by atoms with Crippen LogP contribution in [0.3, 0.4) is 0 Å². The lowest BCUT2D eigenvalue weighted by Crippen LogP contribution is -2.69. The lowest BCUT2D eigenvalue weighted by atomic mass is 9.73. The number of aromatic hydroxyl groups is 1. The number of aliphatic hydroxyl groups excluding tert-OH is 1. The normalized spacial score (nSPS) is 26.5. The van der Waals surface area contributed by atoms with Gasteiger partial charge in [0.2, 0.25) is 18.6 Å². The number of rotatable bonds is 7. The second-order valence-electron chi connectivity index (χ2n) is 15.3. The predicted octanol–water partition coefficient (Wildman–Crippen LogP) is 3.36. The average molecular weight is 815 g/mol. The van der Waals surface area contributed by atoms with Crippen molar-refractivity contribution < 1.29 is 53.1 Å². The molecule has 0 aromatic heterocycles. The van der Waals surface area contributed by atoms with E-state index in [0.29, 0.717) is 45.9 Å². The zero-order chi connectivity index (χ0) is 41.2. The number of phenols is 1. The number of esters is 2. The number of carbonyl (C=O) groups excluding carboxylic acids is 4. The molecular weight excluding hydrogens is 769 g/mol. The third kappa shape index (κ3) is 6.61. The second kappa shape index (κ2) is 15.5. The SMILES string of the molecule is COc1c(C)cc2c(c1O)[C@@H]1C3[C@@H]4SC[C@H](NC(=O)C(C)NC(=O)/C=C/c5ccccc5)C(=O)OC[C@@H](c5c6c(c(C)c(OC(C)=O)c54)OCO6)N3[C@@H](O)C(C2)N1C. The fourth-order valence-corrected chi connectivity index (χ4v) is 10.7. The standard InChI is InChI=1S/C42H46N4O11S/c1-19-14-24-15-26-41(51)46-27-16-54-42(52)25(44-40(50)21(3)43-28(48)13-12-23-10-8-7-9-11-23)17-58-39(33(46)32(45(26)5)29(24)34(49)35(19)53-6)31-30(27)38-37(55-18-56-38)20(2)36(31)57-22(4)47/h7-14,21,25-27,32-33,39,41,49,51H,15-18H2,1-6H3,(H,43,48)(H,44,50)/b13-12+/t21?,25-,26?,27-,32+,33?,39+,41-/m0/s1. The molecule has 2 amide bonds. The lowest BCUT2D eigenvalue weighted by Gasteiger charge is -2.62. The maximum absolute atomic E-state index is 14.0. The van der Waals surface area contributed by atoms with Crippen LogP contribution in [-0.4, -0.2) is 107 Å². The molecule has 8 atom stereocenters. The van der Waals surface area contributed by atoms with Crippen molar-refractivity contribution in [2.75, 3.05) is 33.3 Å². The van der Waals surface area contributed by atoms with Gasteiger partial charge in [-0.3, -0.25) is 24.2 Å². The number of ether oxygens (including phenoxy) is 5. The highest BCUT2D eigenvalue weighted by atomic mass is 32.2. The van der Waals surface area contributed by atoms with Crippen LogP contribution in [0.4, 0.5) is 0 Å². The van der Waals surface area contributed by atoms with Crippen LogP contribution in [0.25, 0.3) is 6.08 Å². The van der Waals surface area contributed by atoms with E-state index in [1.54, 1.807) is 13.0 Å². The molecule has 306 valence electrons. The molecule has 15 nitrogen and oxygen atoms in total. The highest BCUT2D eigenvalue weighted by molar-refractivity contribution is 7.99. The Kier molecular flexibility index (Phi) is 10.5. The second-order valence-corrected chi connectivity index (χ2v) is 16.4. The summed E-state index contributed by atoms with van der Waals surface area (Å²) in [5.41, 5.74) is 4.79. The van der Waals surface area contributed by atoms with Crippen molar-refractivity contribution in [3.63, 3.8) is 0 Å². The smallest absolute Gasteiger partial charge is 0.329 e. The molecule has 0 saturated carbocycles. The number of phenolic OH excluding ortho intramolecular Hbond substituents is 1. The lowest BCUT2D eigenvalue weighted by molar-refractivity contribution is -0.184. The van der Waals surface area contributed by atoms with E-state index in [1.807, 2.05) is 55.3 Å². The van der Waals surface area contributed by atoms with Gasteiger partial charge >= 0.3 is 11.9 Å². The van der Waals surface area contributed by atoms with Gasteiger partial charge in [-0.25, -0.2) is 4.79 Å². The molecule has 3 aromatic carbocycles. The number of methoxy groups -OCH3 is 1. The molecule has 0 spiro atoms. The number of piperazine rings is 1. The van der Waals surface area contributed by atoms with Gasteiger partial charge in [0.15, 0.2) is 23.0 Å². The van der Waals surface area contributed by atoms with Crippen molar-refractivity contribution in [2.45, 2.75) is 81.8 Å². The number of aliphatic hydroxyl groups is 1. The quantitative estimate of drug-likeness (QED) is 0.155. The average Bonchev–Trinajstić information content (AvgIpc) is 3.69. The minimum absolute atomic E-state index is 0.00405. The summed E-state index contributed by atoms with van der Waals surface area (Å²) < 4.78 is 29.8. The number of likely N-dealkylation sites (N-methyl/N-ethyl adjacent to an activating group) is 1. The summed E-state index contributed by atoms with van der Waals surface area (Å²) in [6, 6.07) is 6.62. The summed E-state index contributed by atoms with van der Waals surface area (Å²) in [4.78, 5) is 57.1. The number of fused-ring (bicyclic) bond motifs is 10. The molecule has 16 heteroatoms. The maximum Gasteiger partial charge on any atom is 0.329 e. The molecule has 0 radical (unpaired) electrons. The fraction of sp³-hybridized carbons (Fsp3) is 0.429. The number of hydrogen-bond acceptors (Lipinski definition) is 14. The summed E-state index contributed by atoms with van der Waals surface area (Å²) in [6.45, 7) is 6.10. The molecule has 3 unspecified atom stereocenters. The Morgan fingerprint density at radius 2 is 1.79 bits per heavy atom. The van der Waals surface area contributed by atoms with Crippen LogP contribution in [0.5, 0.6) is 28.7 Å². The number of hydrogen-bond donors (Lipinski definition) is 4. The van der Waals surface area contributed by atoms with Crippen molar-refractivity contribution in [3.8, 4) is 28.7 Å². The number of nitrogens with zero attached hydrogens (tertiary/aromatic N) is 2. The Bertz CT molecular complexity index is 2220. The molecule has 0 aliphatic carbocycles. The van der Waals surface area contributed by atoms with Crippen molar-refractivity contribution >= 4 is 41.6 Å². The van der Waals surface area contributed by atoms with E-state index in [9.17, 15) is 29.4 Å². The molecule has 2 fully saturated rings. The van der Waals surface area contributed by atoms with Gasteiger partial charge in [0.1, 0.15) is 30.7 Å². The number of nitrogens with one attached hydrogen (secondary N) is 2. The molecule has 58 heavy (non-hydrogen) atoms. The summed E-state index contributed by atoms with van der Waals surface area (Å²) in [5.74, 6) is -0.980. The molecule has 6 aliphatic rings. The van der Waals surface area contributed by atoms with Gasteiger partial charge < -0.3 is 44.5 Å². The van der Waals surface area contributed by atoms with Crippen LogP contribution in [0.15, 0.2) is 42.5 Å². The Morgan fingerprint density at radius 1 is 1.05 bits per heavy atom. The van der Waals surface area contributed by atoms with Crippen LogP contribution >= 0.6 is 11.8 Å². The van der Waals surface area contributed by atoms with Crippen LogP contribution in [0.2, 0.25) is 0 Å². The van der Waals surface area contributed by atoms with E-state index in [-0.39, 0.29) is 30.7 Å². The van der Waals surface area contributed by atoms with Crippen molar-refractivity contribution in [2.24, 2.45) is 0 Å². The van der Waals surface area contributed by atoms with Gasteiger partial charge in [-0.15, -0.1) is 11.8 Å². The van der Waals surface area contributed by atoms with E-state index in [2.05, 4.69) is 15.5 Å². The van der Waals surface area contributed by atoms with Gasteiger partial charge in [-0.05, 0) is 57.0 Å². The first-order valence-electron chi connectivity index (χ1n) is 19.1. The highest BCUT2D eigenvalue weighted by Gasteiger charge is 2.60. The van der Waals surface area contributed by atoms with Crippen LogP contribution in [-0.2, 0) is 30.3 Å². The fourth-order valence-electron chi connectivity index (χ4n) is 9.24. The van der Waals surface area contributed by atoms with Gasteiger partial charge in [0.25, 0.3) is 0 Å². The summed E-state index contributed by atoms with van der Waals surface area (Å²) in [6.07, 6.45) is 2.29. The largest absolute Gasteiger partial charge is 0.504 e. The highest BCUT2D eigenvalue weighted by Crippen LogP contribution is 2.63. The minimum Gasteiger partial charge on any atom is -0.504 e. The van der Waals surface area contributed by atoms with Crippen molar-refractivity contribution in [3.05, 3.63) is 81.4 Å². The van der Waals surface area contributed by atoms with Gasteiger partial charge in [0.05, 0.1) is 30.5 Å². The molecular formula is C42H46N4O11S. The molecule has 9 rings (SSSR count). The molecule has 3 aromatic rings. The minimum atomic E-state index is -1.16. The summed E-state index contributed by atoms with van der Waals surface area (Å²) in [7, 11) is 3.42. The number of aryl methyl sites for hydroxylation is 1. The topological polar surface area (TPSA) is 185 Å². The van der Waals surface area contributed by atoms with E-state index in [0.717, 1.165) is 16.7 Å². The van der Waals surface area contributed by atoms with Crippen LogP contribution in [0.1, 0.15) is 70.1 Å². The van der Waals surface area contributed by atoms with E-state index in [4.69, 9.17) is 23.7 Å². The first kappa shape index (κ1) is 39.5. The third-order valence-electron chi connectivity index (χ3n) is 11.8. The number of thioether (sulfide) groups is 1. The number of amides is 2. The summed E-state index contributed by atoms with van der Waals surface area (Å²) >= 11 is 1.31. The number of carbonyl (C=O) groups is 4. The maximum atomic E-state index is 14.0. The third-order valence-corrected chi connectivity index (χ3v) is 13.2. The Balaban J connectivity index is 1.21. The molecule has 6 heterocycles. The van der Waals surface area contributed by atoms with Gasteiger partial charge in [0, 0.05) is 47.0 Å². The van der Waals surface area contributed by atoms with E-state index >= 15 is 0 Å². The van der Waals surface area contributed by atoms with E-state index < -0.39 is 71.5 Å². The van der Waals surface area contributed by atoms with Crippen LogP contribution < -0.4 is 29.6 Å². The Morgan fingerprint density at radius 3 is 2.52 bits per heavy atom. The molecule has 4 N–H and O–H groups in total. The molecule has 4 bridgehead atoms. The Hall–Kier alpha value is -5.29.